The molecule has 1 unspecified atom stereocenters. The predicted molar refractivity (Wildman–Crippen MR) is 132 cm³/mol. The van der Waals surface area contributed by atoms with Gasteiger partial charge in [-0.15, -0.1) is 0 Å². The number of phenols is 1. The molecule has 2 aliphatic rings. The van der Waals surface area contributed by atoms with Gasteiger partial charge in [0.1, 0.15) is 17.8 Å². The van der Waals surface area contributed by atoms with Crippen molar-refractivity contribution in [3.05, 3.63) is 48.0 Å². The van der Waals surface area contributed by atoms with Gasteiger partial charge in [-0.1, -0.05) is 6.92 Å². The number of carbonyl (C=O) groups excluding carboxylic acids is 1. The summed E-state index contributed by atoms with van der Waals surface area (Å²) in [6, 6.07) is 6.53. The number of halogens is 3. The zero-order valence-corrected chi connectivity index (χ0v) is 20.9. The third-order valence-electron chi connectivity index (χ3n) is 7.31. The van der Waals surface area contributed by atoms with Gasteiger partial charge in [0, 0.05) is 50.4 Å². The van der Waals surface area contributed by atoms with Gasteiger partial charge in [0.25, 0.3) is 5.91 Å². The Morgan fingerprint density at radius 2 is 1.84 bits per heavy atom. The lowest BCUT2D eigenvalue weighted by Gasteiger charge is -2.47. The number of piperazine rings is 1. The average Bonchev–Trinajstić information content (AvgIpc) is 3.47. The minimum atomic E-state index is -4.67. The van der Waals surface area contributed by atoms with E-state index in [9.17, 15) is 23.1 Å². The third kappa shape index (κ3) is 5.28. The van der Waals surface area contributed by atoms with E-state index in [0.717, 1.165) is 19.3 Å². The number of H-pyrrole nitrogens is 1. The molecule has 1 atom stereocenters. The monoisotopic (exact) mass is 530 g/mol. The van der Waals surface area contributed by atoms with Gasteiger partial charge in [-0.05, 0) is 43.5 Å². The Bertz CT molecular complexity index is 1240. The molecule has 202 valence electrons. The van der Waals surface area contributed by atoms with Gasteiger partial charge >= 0.3 is 6.18 Å². The molecule has 2 aromatic heterocycles. The fraction of sp³-hybridized carbons (Fsp3) is 0.480. The molecule has 2 fully saturated rings. The minimum Gasteiger partial charge on any atom is -0.508 e. The number of aromatic amines is 1. The number of piperidine rings is 1. The van der Waals surface area contributed by atoms with Gasteiger partial charge in [0.15, 0.2) is 17.3 Å². The fourth-order valence-corrected chi connectivity index (χ4v) is 5.34. The van der Waals surface area contributed by atoms with Crippen molar-refractivity contribution >= 4 is 11.7 Å². The number of benzene rings is 1. The normalized spacial score (nSPS) is 19.6. The van der Waals surface area contributed by atoms with Crippen molar-refractivity contribution in [1.29, 1.82) is 0 Å². The number of aromatic nitrogens is 5. The van der Waals surface area contributed by atoms with E-state index in [2.05, 4.69) is 30.0 Å². The van der Waals surface area contributed by atoms with E-state index >= 15 is 0 Å². The molecule has 13 heteroatoms. The van der Waals surface area contributed by atoms with E-state index in [0.29, 0.717) is 38.3 Å². The number of hydrogen-bond donors (Lipinski definition) is 2. The van der Waals surface area contributed by atoms with E-state index in [1.54, 1.807) is 17.0 Å². The first kappa shape index (κ1) is 25.9. The molecule has 3 aromatic rings. The van der Waals surface area contributed by atoms with E-state index in [-0.39, 0.29) is 41.1 Å². The van der Waals surface area contributed by atoms with Crippen molar-refractivity contribution in [3.63, 3.8) is 0 Å². The Morgan fingerprint density at radius 3 is 2.47 bits per heavy atom. The molecule has 5 rings (SSSR count). The van der Waals surface area contributed by atoms with Crippen LogP contribution in [-0.4, -0.2) is 90.8 Å². The number of likely N-dealkylation sites (tertiary alicyclic amines) is 1. The van der Waals surface area contributed by atoms with Gasteiger partial charge in [-0.3, -0.25) is 14.8 Å². The van der Waals surface area contributed by atoms with Crippen LogP contribution >= 0.6 is 0 Å². The number of phenolic OH excluding ortho intramolecular Hbond substituents is 1. The highest BCUT2D eigenvalue weighted by Gasteiger charge is 2.41. The number of anilines is 1. The Labute approximate surface area is 217 Å². The molecular formula is C25H29F3N8O2. The van der Waals surface area contributed by atoms with Crippen LogP contribution in [0.4, 0.5) is 19.0 Å². The van der Waals surface area contributed by atoms with Crippen LogP contribution in [0.25, 0.3) is 11.5 Å². The van der Waals surface area contributed by atoms with Crippen molar-refractivity contribution in [2.75, 3.05) is 37.6 Å². The first-order valence-electron chi connectivity index (χ1n) is 12.6. The van der Waals surface area contributed by atoms with Gasteiger partial charge in [-0.2, -0.15) is 18.3 Å². The average molecular weight is 531 g/mol. The second-order valence-electron chi connectivity index (χ2n) is 9.58. The predicted octanol–water partition coefficient (Wildman–Crippen LogP) is 3.19. The van der Waals surface area contributed by atoms with Crippen molar-refractivity contribution in [2.45, 2.75) is 44.4 Å². The maximum Gasteiger partial charge on any atom is 0.437 e. The Balaban J connectivity index is 1.26. The number of rotatable bonds is 5. The Kier molecular flexibility index (Phi) is 7.19. The first-order chi connectivity index (χ1) is 18.2. The molecular weight excluding hydrogens is 501 g/mol. The summed E-state index contributed by atoms with van der Waals surface area (Å²) < 4.78 is 42.0. The molecule has 2 saturated heterocycles. The summed E-state index contributed by atoms with van der Waals surface area (Å²) in [6.45, 7) is 4.64. The Morgan fingerprint density at radius 1 is 1.11 bits per heavy atom. The van der Waals surface area contributed by atoms with Crippen LogP contribution in [0.5, 0.6) is 5.75 Å². The highest BCUT2D eigenvalue weighted by molar-refractivity contribution is 5.94. The van der Waals surface area contributed by atoms with Crippen LogP contribution in [0.3, 0.4) is 0 Å². The van der Waals surface area contributed by atoms with E-state index in [4.69, 9.17) is 0 Å². The number of amides is 1. The summed E-state index contributed by atoms with van der Waals surface area (Å²) in [5.74, 6) is 0.00525. The van der Waals surface area contributed by atoms with Crippen LogP contribution in [0.2, 0.25) is 0 Å². The van der Waals surface area contributed by atoms with Crippen LogP contribution in [0.1, 0.15) is 42.2 Å². The highest BCUT2D eigenvalue weighted by Crippen LogP contribution is 2.36. The molecule has 2 aliphatic heterocycles. The third-order valence-corrected chi connectivity index (χ3v) is 7.31. The van der Waals surface area contributed by atoms with E-state index in [1.807, 2.05) is 11.8 Å². The second-order valence-corrected chi connectivity index (χ2v) is 9.58. The second kappa shape index (κ2) is 10.6. The molecule has 1 aromatic carbocycles. The summed E-state index contributed by atoms with van der Waals surface area (Å²) in [7, 11) is 0. The lowest BCUT2D eigenvalue weighted by Crippen LogP contribution is -2.59. The Hall–Kier alpha value is -3.74. The maximum absolute atomic E-state index is 14.0. The lowest BCUT2D eigenvalue weighted by atomic mass is 9.97. The van der Waals surface area contributed by atoms with Gasteiger partial charge in [0.05, 0.1) is 6.20 Å². The van der Waals surface area contributed by atoms with Crippen LogP contribution < -0.4 is 4.90 Å². The molecule has 0 saturated carbocycles. The van der Waals surface area contributed by atoms with Crippen molar-refractivity contribution in [3.8, 4) is 17.3 Å². The molecule has 1 amide bonds. The van der Waals surface area contributed by atoms with E-state index < -0.39 is 11.9 Å². The smallest absolute Gasteiger partial charge is 0.437 e. The molecule has 0 spiro atoms. The number of nitrogens with zero attached hydrogens (tertiary/aromatic N) is 7. The van der Waals surface area contributed by atoms with Gasteiger partial charge in [0.2, 0.25) is 0 Å². The molecule has 0 radical (unpaired) electrons. The SMILES string of the molecule is CCC1CN(c2ncc(-c3ncn[nH]3)nc2C(F)(F)F)CCN1C1CCN(C(=O)c2ccc(O)cc2)CC1. The summed E-state index contributed by atoms with van der Waals surface area (Å²) in [6.07, 6.45) is 0.179. The summed E-state index contributed by atoms with van der Waals surface area (Å²) in [5.41, 5.74) is -0.508. The standard InChI is InChI=1S/C25H29F3N8O2/c1-2-17-14-35(23-21(25(26,27)28)32-20(13-29-23)22-30-15-31-33-22)11-12-36(17)18-7-9-34(10-8-18)24(38)16-3-5-19(37)6-4-16/h3-6,13,15,17-18,37H,2,7-12,14H2,1H3,(H,30,31,33). The molecule has 2 N–H and O–H groups in total. The zero-order valence-electron chi connectivity index (χ0n) is 20.9. The molecule has 10 nitrogen and oxygen atoms in total. The lowest BCUT2D eigenvalue weighted by molar-refractivity contribution is -0.140. The van der Waals surface area contributed by atoms with Gasteiger partial charge in [-0.25, -0.2) is 15.0 Å². The quantitative estimate of drug-likeness (QED) is 0.517. The number of alkyl halides is 3. The van der Waals surface area contributed by atoms with E-state index in [1.165, 1.54) is 24.7 Å². The fourth-order valence-electron chi connectivity index (χ4n) is 5.34. The van der Waals surface area contributed by atoms with Crippen LogP contribution in [0, 0.1) is 0 Å². The maximum atomic E-state index is 14.0. The molecule has 0 bridgehead atoms. The van der Waals surface area contributed by atoms with Crippen molar-refractivity contribution < 1.29 is 23.1 Å². The summed E-state index contributed by atoms with van der Waals surface area (Å²) in [5, 5.41) is 15.7. The number of nitrogens with one attached hydrogen (secondary N) is 1. The van der Waals surface area contributed by atoms with Crippen molar-refractivity contribution in [1.82, 2.24) is 34.9 Å². The largest absolute Gasteiger partial charge is 0.508 e. The zero-order chi connectivity index (χ0) is 26.9. The minimum absolute atomic E-state index is 0.0159. The highest BCUT2D eigenvalue weighted by atomic mass is 19.4. The van der Waals surface area contributed by atoms with Crippen LogP contribution in [0.15, 0.2) is 36.8 Å². The van der Waals surface area contributed by atoms with Crippen LogP contribution in [-0.2, 0) is 6.18 Å². The molecule has 0 aliphatic carbocycles. The first-order valence-corrected chi connectivity index (χ1v) is 12.6. The number of aromatic hydroxyl groups is 1. The topological polar surface area (TPSA) is 114 Å². The number of carbonyl (C=O) groups is 1. The molecule has 4 heterocycles. The van der Waals surface area contributed by atoms with Gasteiger partial charge < -0.3 is 14.9 Å². The van der Waals surface area contributed by atoms with Crippen molar-refractivity contribution in [2.24, 2.45) is 0 Å². The molecule has 38 heavy (non-hydrogen) atoms. The number of hydrogen-bond acceptors (Lipinski definition) is 8. The summed E-state index contributed by atoms with van der Waals surface area (Å²) >= 11 is 0. The summed E-state index contributed by atoms with van der Waals surface area (Å²) in [4.78, 5) is 30.6.